The highest BCUT2D eigenvalue weighted by molar-refractivity contribution is 6.31. The van der Waals surface area contributed by atoms with Crippen molar-refractivity contribution in [3.63, 3.8) is 0 Å². The van der Waals surface area contributed by atoms with Crippen molar-refractivity contribution < 1.29 is 4.92 Å². The van der Waals surface area contributed by atoms with Gasteiger partial charge in [0.2, 0.25) is 0 Å². The fourth-order valence-electron chi connectivity index (χ4n) is 1.95. The molecule has 0 aromatic heterocycles. The Hall–Kier alpha value is -1.29. The van der Waals surface area contributed by atoms with Gasteiger partial charge in [-0.3, -0.25) is 10.1 Å². The highest BCUT2D eigenvalue weighted by Crippen LogP contribution is 2.28. The molecule has 106 valence electrons. The van der Waals surface area contributed by atoms with Crippen LogP contribution in [0.2, 0.25) is 5.02 Å². The molecule has 0 amide bonds. The standard InChI is InChI=1S/C14H21ClN2O2/c1-10(2)5-4-6-11(3)16-13-9-12(15)7-8-14(13)17(18)19/h7-11,16H,4-6H2,1-3H3. The van der Waals surface area contributed by atoms with Crippen molar-refractivity contribution in [1.29, 1.82) is 0 Å². The third kappa shape index (κ3) is 5.47. The molecule has 19 heavy (non-hydrogen) atoms. The summed E-state index contributed by atoms with van der Waals surface area (Å²) in [5, 5.41) is 14.6. The van der Waals surface area contributed by atoms with Gasteiger partial charge in [-0.25, -0.2) is 0 Å². The molecule has 0 aliphatic rings. The summed E-state index contributed by atoms with van der Waals surface area (Å²) < 4.78 is 0. The molecule has 0 bridgehead atoms. The highest BCUT2D eigenvalue weighted by atomic mass is 35.5. The van der Waals surface area contributed by atoms with Crippen molar-refractivity contribution >= 4 is 23.0 Å². The summed E-state index contributed by atoms with van der Waals surface area (Å²) in [6.45, 7) is 6.42. The number of halogens is 1. The average molecular weight is 285 g/mol. The van der Waals surface area contributed by atoms with Crippen molar-refractivity contribution in [3.05, 3.63) is 33.3 Å². The van der Waals surface area contributed by atoms with Gasteiger partial charge in [0.25, 0.3) is 5.69 Å². The summed E-state index contributed by atoms with van der Waals surface area (Å²) in [7, 11) is 0. The van der Waals surface area contributed by atoms with Crippen LogP contribution < -0.4 is 5.32 Å². The van der Waals surface area contributed by atoms with Gasteiger partial charge in [0.05, 0.1) is 4.92 Å². The lowest BCUT2D eigenvalue weighted by molar-refractivity contribution is -0.384. The minimum absolute atomic E-state index is 0.0695. The predicted octanol–water partition coefficient (Wildman–Crippen LogP) is 4.87. The zero-order chi connectivity index (χ0) is 14.4. The average Bonchev–Trinajstić information content (AvgIpc) is 2.27. The van der Waals surface area contributed by atoms with Crippen LogP contribution in [0, 0.1) is 16.0 Å². The minimum Gasteiger partial charge on any atom is -0.377 e. The van der Waals surface area contributed by atoms with E-state index in [-0.39, 0.29) is 16.7 Å². The van der Waals surface area contributed by atoms with Crippen molar-refractivity contribution in [2.45, 2.75) is 46.1 Å². The number of benzene rings is 1. The van der Waals surface area contributed by atoms with Gasteiger partial charge in [-0.15, -0.1) is 0 Å². The van der Waals surface area contributed by atoms with Crippen LogP contribution in [0.3, 0.4) is 0 Å². The van der Waals surface area contributed by atoms with Crippen LogP contribution >= 0.6 is 11.6 Å². The lowest BCUT2D eigenvalue weighted by atomic mass is 10.0. The summed E-state index contributed by atoms with van der Waals surface area (Å²) in [5.41, 5.74) is 0.564. The minimum atomic E-state index is -0.389. The van der Waals surface area contributed by atoms with E-state index in [1.165, 1.54) is 18.6 Å². The van der Waals surface area contributed by atoms with Gasteiger partial charge in [0, 0.05) is 17.1 Å². The molecule has 0 radical (unpaired) electrons. The molecule has 4 nitrogen and oxygen atoms in total. The Morgan fingerprint density at radius 3 is 2.58 bits per heavy atom. The van der Waals surface area contributed by atoms with E-state index in [9.17, 15) is 10.1 Å². The maximum absolute atomic E-state index is 10.9. The van der Waals surface area contributed by atoms with Gasteiger partial charge in [-0.2, -0.15) is 0 Å². The summed E-state index contributed by atoms with van der Waals surface area (Å²) in [6.07, 6.45) is 3.27. The predicted molar refractivity (Wildman–Crippen MR) is 79.9 cm³/mol. The quantitative estimate of drug-likeness (QED) is 0.574. The SMILES string of the molecule is CC(C)CCCC(C)Nc1cc(Cl)ccc1[N+](=O)[O-]. The molecule has 0 saturated carbocycles. The van der Waals surface area contributed by atoms with Crippen LogP contribution in [0.1, 0.15) is 40.0 Å². The molecular formula is C14H21ClN2O2. The number of hydrogen-bond acceptors (Lipinski definition) is 3. The van der Waals surface area contributed by atoms with Gasteiger partial charge >= 0.3 is 0 Å². The van der Waals surface area contributed by atoms with Gasteiger partial charge in [-0.05, 0) is 31.4 Å². The monoisotopic (exact) mass is 284 g/mol. The second-order valence-corrected chi connectivity index (χ2v) is 5.73. The maximum atomic E-state index is 10.9. The van der Waals surface area contributed by atoms with Crippen LogP contribution in [-0.2, 0) is 0 Å². The molecule has 1 atom stereocenters. The summed E-state index contributed by atoms with van der Waals surface area (Å²) >= 11 is 5.89. The molecule has 1 aromatic rings. The topological polar surface area (TPSA) is 55.2 Å². The van der Waals surface area contributed by atoms with E-state index in [0.29, 0.717) is 16.6 Å². The fourth-order valence-corrected chi connectivity index (χ4v) is 2.13. The van der Waals surface area contributed by atoms with Crippen molar-refractivity contribution in [1.82, 2.24) is 0 Å². The first kappa shape index (κ1) is 15.8. The Labute approximate surface area is 119 Å². The molecule has 0 aliphatic heterocycles. The van der Waals surface area contributed by atoms with E-state index in [1.54, 1.807) is 6.07 Å². The Kier molecular flexibility index (Phi) is 6.09. The van der Waals surface area contributed by atoms with Crippen LogP contribution in [0.15, 0.2) is 18.2 Å². The first-order valence-corrected chi connectivity index (χ1v) is 6.98. The molecule has 1 unspecified atom stereocenters. The smallest absolute Gasteiger partial charge is 0.292 e. The number of nitro groups is 1. The third-order valence-corrected chi connectivity index (χ3v) is 3.21. The molecular weight excluding hydrogens is 264 g/mol. The number of nitrogens with zero attached hydrogens (tertiary/aromatic N) is 1. The van der Waals surface area contributed by atoms with Crippen LogP contribution in [0.25, 0.3) is 0 Å². The lowest BCUT2D eigenvalue weighted by Crippen LogP contribution is -2.16. The van der Waals surface area contributed by atoms with Crippen molar-refractivity contribution in [2.24, 2.45) is 5.92 Å². The van der Waals surface area contributed by atoms with Crippen LogP contribution in [0.5, 0.6) is 0 Å². The molecule has 5 heteroatoms. The Bertz CT molecular complexity index is 435. The second-order valence-electron chi connectivity index (χ2n) is 5.29. The van der Waals surface area contributed by atoms with E-state index in [0.717, 1.165) is 12.8 Å². The van der Waals surface area contributed by atoms with E-state index in [1.807, 2.05) is 6.92 Å². The number of hydrogen-bond donors (Lipinski definition) is 1. The van der Waals surface area contributed by atoms with Gasteiger partial charge in [-0.1, -0.05) is 38.3 Å². The second kappa shape index (κ2) is 7.34. The molecule has 0 spiro atoms. The Balaban J connectivity index is 2.65. The van der Waals surface area contributed by atoms with E-state index in [2.05, 4.69) is 19.2 Å². The molecule has 0 heterocycles. The maximum Gasteiger partial charge on any atom is 0.292 e. The zero-order valence-corrected chi connectivity index (χ0v) is 12.4. The summed E-state index contributed by atoms with van der Waals surface area (Å²) in [4.78, 5) is 10.6. The fraction of sp³-hybridized carbons (Fsp3) is 0.571. The Morgan fingerprint density at radius 2 is 2.00 bits per heavy atom. The largest absolute Gasteiger partial charge is 0.377 e. The molecule has 0 saturated heterocycles. The molecule has 0 fully saturated rings. The van der Waals surface area contributed by atoms with Crippen molar-refractivity contribution in [3.8, 4) is 0 Å². The van der Waals surface area contributed by atoms with Crippen LogP contribution in [0.4, 0.5) is 11.4 Å². The first-order valence-electron chi connectivity index (χ1n) is 6.60. The van der Waals surface area contributed by atoms with E-state index in [4.69, 9.17) is 11.6 Å². The summed E-state index contributed by atoms with van der Waals surface area (Å²) in [5.74, 6) is 0.688. The number of anilines is 1. The van der Waals surface area contributed by atoms with Gasteiger partial charge in [0.1, 0.15) is 5.69 Å². The number of nitrogens with one attached hydrogen (secondary N) is 1. The Morgan fingerprint density at radius 1 is 1.32 bits per heavy atom. The highest BCUT2D eigenvalue weighted by Gasteiger charge is 2.15. The normalized spacial score (nSPS) is 12.5. The van der Waals surface area contributed by atoms with Crippen LogP contribution in [-0.4, -0.2) is 11.0 Å². The zero-order valence-electron chi connectivity index (χ0n) is 11.6. The first-order chi connectivity index (χ1) is 8.90. The summed E-state index contributed by atoms with van der Waals surface area (Å²) in [6, 6.07) is 4.77. The molecule has 1 N–H and O–H groups in total. The van der Waals surface area contributed by atoms with Crippen molar-refractivity contribution in [2.75, 3.05) is 5.32 Å². The number of nitro benzene ring substituents is 1. The molecule has 0 aliphatic carbocycles. The molecule has 1 rings (SSSR count). The lowest BCUT2D eigenvalue weighted by Gasteiger charge is -2.16. The number of rotatable bonds is 7. The van der Waals surface area contributed by atoms with E-state index >= 15 is 0 Å². The van der Waals surface area contributed by atoms with Gasteiger partial charge < -0.3 is 5.32 Å². The van der Waals surface area contributed by atoms with E-state index < -0.39 is 0 Å². The third-order valence-electron chi connectivity index (χ3n) is 2.98. The van der Waals surface area contributed by atoms with Gasteiger partial charge in [0.15, 0.2) is 0 Å². The molecule has 1 aromatic carbocycles.